The molecule has 0 radical (unpaired) electrons. The molecular formula is C17H25N3. The van der Waals surface area contributed by atoms with Gasteiger partial charge < -0.3 is 5.32 Å². The maximum atomic E-state index is 4.52. The van der Waals surface area contributed by atoms with Crippen molar-refractivity contribution in [1.29, 1.82) is 0 Å². The summed E-state index contributed by atoms with van der Waals surface area (Å²) in [5, 5.41) is 8.20. The fourth-order valence-corrected chi connectivity index (χ4v) is 2.75. The van der Waals surface area contributed by atoms with Crippen LogP contribution in [0.5, 0.6) is 0 Å². The van der Waals surface area contributed by atoms with E-state index in [2.05, 4.69) is 55.5 Å². The molecule has 0 aliphatic rings. The first-order chi connectivity index (χ1) is 9.61. The van der Waals surface area contributed by atoms with E-state index < -0.39 is 0 Å². The summed E-state index contributed by atoms with van der Waals surface area (Å²) < 4.78 is 1.87. The Morgan fingerprint density at radius 2 is 1.90 bits per heavy atom. The van der Waals surface area contributed by atoms with Crippen molar-refractivity contribution in [1.82, 2.24) is 15.1 Å². The van der Waals surface area contributed by atoms with Crippen molar-refractivity contribution < 1.29 is 0 Å². The van der Waals surface area contributed by atoms with Gasteiger partial charge in [-0.25, -0.2) is 0 Å². The minimum absolute atomic E-state index is 0.339. The van der Waals surface area contributed by atoms with Gasteiger partial charge in [-0.05, 0) is 49.6 Å². The molecule has 1 atom stereocenters. The van der Waals surface area contributed by atoms with Gasteiger partial charge in [-0.1, -0.05) is 25.1 Å². The van der Waals surface area contributed by atoms with E-state index in [-0.39, 0.29) is 0 Å². The molecule has 2 rings (SSSR count). The highest BCUT2D eigenvalue weighted by Gasteiger charge is 2.17. The van der Waals surface area contributed by atoms with Gasteiger partial charge in [-0.3, -0.25) is 4.68 Å². The van der Waals surface area contributed by atoms with Crippen molar-refractivity contribution >= 4 is 0 Å². The summed E-state index contributed by atoms with van der Waals surface area (Å²) in [5.41, 5.74) is 5.28. The summed E-state index contributed by atoms with van der Waals surface area (Å²) in [6.45, 7) is 7.63. The fraction of sp³-hybridized carbons (Fsp3) is 0.471. The first kappa shape index (κ1) is 14.8. The van der Waals surface area contributed by atoms with Crippen LogP contribution in [-0.2, 0) is 13.5 Å². The zero-order valence-electron chi connectivity index (χ0n) is 13.0. The second kappa shape index (κ2) is 6.71. The highest BCUT2D eigenvalue weighted by Crippen LogP contribution is 2.24. The molecule has 20 heavy (non-hydrogen) atoms. The van der Waals surface area contributed by atoms with Crippen LogP contribution in [0.4, 0.5) is 0 Å². The Hall–Kier alpha value is -1.61. The number of benzene rings is 1. The van der Waals surface area contributed by atoms with E-state index in [1.54, 1.807) is 0 Å². The average molecular weight is 271 g/mol. The van der Waals surface area contributed by atoms with E-state index in [4.69, 9.17) is 0 Å². The lowest BCUT2D eigenvalue weighted by Gasteiger charge is -2.22. The summed E-state index contributed by atoms with van der Waals surface area (Å²) in [6, 6.07) is 8.97. The number of hydrogen-bond acceptors (Lipinski definition) is 2. The van der Waals surface area contributed by atoms with Crippen LogP contribution in [0.1, 0.15) is 41.8 Å². The minimum atomic E-state index is 0.339. The van der Waals surface area contributed by atoms with Gasteiger partial charge in [0, 0.05) is 25.7 Å². The van der Waals surface area contributed by atoms with Gasteiger partial charge in [0.15, 0.2) is 0 Å². The number of nitrogens with zero attached hydrogens (tertiary/aromatic N) is 2. The van der Waals surface area contributed by atoms with Crippen LogP contribution in [0.25, 0.3) is 0 Å². The second-order valence-corrected chi connectivity index (χ2v) is 5.50. The van der Waals surface area contributed by atoms with Gasteiger partial charge in [-0.2, -0.15) is 5.10 Å². The van der Waals surface area contributed by atoms with Crippen molar-refractivity contribution in [2.24, 2.45) is 7.05 Å². The molecule has 1 unspecified atom stereocenters. The lowest BCUT2D eigenvalue weighted by Crippen LogP contribution is -2.25. The third kappa shape index (κ3) is 3.48. The summed E-state index contributed by atoms with van der Waals surface area (Å²) >= 11 is 0. The van der Waals surface area contributed by atoms with Crippen LogP contribution >= 0.6 is 0 Å². The molecule has 0 aliphatic carbocycles. The zero-order valence-corrected chi connectivity index (χ0v) is 13.0. The van der Waals surface area contributed by atoms with Gasteiger partial charge in [0.2, 0.25) is 0 Å². The molecule has 1 aromatic carbocycles. The average Bonchev–Trinajstić information content (AvgIpc) is 2.81. The topological polar surface area (TPSA) is 29.9 Å². The molecule has 0 fully saturated rings. The highest BCUT2D eigenvalue weighted by atomic mass is 15.2. The molecule has 3 heteroatoms. The quantitative estimate of drug-likeness (QED) is 0.873. The number of aromatic nitrogens is 2. The summed E-state index contributed by atoms with van der Waals surface area (Å²) in [5.74, 6) is 0. The molecule has 108 valence electrons. The molecule has 1 N–H and O–H groups in total. The van der Waals surface area contributed by atoms with Crippen LogP contribution < -0.4 is 5.32 Å². The van der Waals surface area contributed by atoms with Crippen molar-refractivity contribution in [2.75, 3.05) is 6.54 Å². The predicted molar refractivity (Wildman–Crippen MR) is 83.9 cm³/mol. The van der Waals surface area contributed by atoms with Gasteiger partial charge in [-0.15, -0.1) is 0 Å². The summed E-state index contributed by atoms with van der Waals surface area (Å²) in [6.07, 6.45) is 4.09. The Bertz CT molecular complexity index is 537. The number of aryl methyl sites for hydroxylation is 3. The summed E-state index contributed by atoms with van der Waals surface area (Å²) in [7, 11) is 1.97. The van der Waals surface area contributed by atoms with Crippen molar-refractivity contribution in [3.63, 3.8) is 0 Å². The molecule has 1 aromatic heterocycles. The van der Waals surface area contributed by atoms with E-state index >= 15 is 0 Å². The molecule has 0 spiro atoms. The lowest BCUT2D eigenvalue weighted by atomic mass is 9.93. The fourth-order valence-electron chi connectivity index (χ4n) is 2.75. The van der Waals surface area contributed by atoms with Crippen LogP contribution in [-0.4, -0.2) is 16.3 Å². The van der Waals surface area contributed by atoms with Crippen LogP contribution in [0.15, 0.2) is 30.5 Å². The van der Waals surface area contributed by atoms with E-state index in [1.165, 1.54) is 16.7 Å². The normalized spacial score (nSPS) is 12.6. The maximum Gasteiger partial charge on any atom is 0.0643 e. The molecule has 0 amide bonds. The van der Waals surface area contributed by atoms with Gasteiger partial charge >= 0.3 is 0 Å². The Kier molecular flexibility index (Phi) is 4.96. The van der Waals surface area contributed by atoms with Crippen molar-refractivity contribution in [2.45, 2.75) is 39.7 Å². The SMILES string of the molecule is CCCNC(Cc1ccn(C)n1)c1c(C)cccc1C. The van der Waals surface area contributed by atoms with E-state index in [9.17, 15) is 0 Å². The third-order valence-corrected chi connectivity index (χ3v) is 3.71. The molecular weight excluding hydrogens is 246 g/mol. The molecule has 0 bridgehead atoms. The molecule has 0 aliphatic heterocycles. The zero-order chi connectivity index (χ0) is 14.5. The van der Waals surface area contributed by atoms with E-state index in [1.807, 2.05) is 17.9 Å². The Balaban J connectivity index is 2.27. The Morgan fingerprint density at radius 1 is 1.20 bits per heavy atom. The first-order valence-electron chi connectivity index (χ1n) is 7.39. The van der Waals surface area contributed by atoms with E-state index in [0.717, 1.165) is 25.1 Å². The second-order valence-electron chi connectivity index (χ2n) is 5.50. The molecule has 1 heterocycles. The molecule has 0 saturated heterocycles. The smallest absolute Gasteiger partial charge is 0.0643 e. The predicted octanol–water partition coefficient (Wildman–Crippen LogP) is 3.32. The largest absolute Gasteiger partial charge is 0.310 e. The maximum absolute atomic E-state index is 4.52. The van der Waals surface area contributed by atoms with Crippen LogP contribution in [0, 0.1) is 13.8 Å². The van der Waals surface area contributed by atoms with Crippen molar-refractivity contribution in [3.8, 4) is 0 Å². The van der Waals surface area contributed by atoms with Crippen LogP contribution in [0.3, 0.4) is 0 Å². The molecule has 0 saturated carbocycles. The molecule has 2 aromatic rings. The van der Waals surface area contributed by atoms with Crippen molar-refractivity contribution in [3.05, 3.63) is 52.8 Å². The Morgan fingerprint density at radius 3 is 2.45 bits per heavy atom. The first-order valence-corrected chi connectivity index (χ1v) is 7.39. The summed E-state index contributed by atoms with van der Waals surface area (Å²) in [4.78, 5) is 0. The van der Waals surface area contributed by atoms with Gasteiger partial charge in [0.05, 0.1) is 5.69 Å². The number of hydrogen-bond donors (Lipinski definition) is 1. The lowest BCUT2D eigenvalue weighted by molar-refractivity contribution is 0.517. The minimum Gasteiger partial charge on any atom is -0.310 e. The monoisotopic (exact) mass is 271 g/mol. The Labute approximate surface area is 122 Å². The third-order valence-electron chi connectivity index (χ3n) is 3.71. The molecule has 3 nitrogen and oxygen atoms in total. The standard InChI is InChI=1S/C17H25N3/c1-5-10-18-16(12-15-9-11-20(4)19-15)17-13(2)7-6-8-14(17)3/h6-9,11,16,18H,5,10,12H2,1-4H3. The number of rotatable bonds is 6. The van der Waals surface area contributed by atoms with E-state index in [0.29, 0.717) is 6.04 Å². The number of nitrogens with one attached hydrogen (secondary N) is 1. The van der Waals surface area contributed by atoms with Gasteiger partial charge in [0.25, 0.3) is 0 Å². The van der Waals surface area contributed by atoms with Gasteiger partial charge in [0.1, 0.15) is 0 Å². The highest BCUT2D eigenvalue weighted by molar-refractivity contribution is 5.36. The van der Waals surface area contributed by atoms with Crippen LogP contribution in [0.2, 0.25) is 0 Å².